The van der Waals surface area contributed by atoms with E-state index in [9.17, 15) is 4.79 Å². The Bertz CT molecular complexity index is 193. The van der Waals surface area contributed by atoms with Crippen LogP contribution in [-0.2, 0) is 9.53 Å². The van der Waals surface area contributed by atoms with Crippen LogP contribution in [0.4, 0.5) is 0 Å². The number of nitrogens with two attached hydrogens (primary N) is 1. The quantitative estimate of drug-likeness (QED) is 0.402. The van der Waals surface area contributed by atoms with Crippen molar-refractivity contribution in [3.8, 4) is 0 Å². The summed E-state index contributed by atoms with van der Waals surface area (Å²) in [6.45, 7) is 0.483. The van der Waals surface area contributed by atoms with Gasteiger partial charge < -0.3 is 10.5 Å². The lowest BCUT2D eigenvalue weighted by atomic mass is 10.3. The van der Waals surface area contributed by atoms with Crippen LogP contribution in [0.1, 0.15) is 25.7 Å². The molecule has 0 saturated heterocycles. The predicted molar refractivity (Wildman–Crippen MR) is 52.1 cm³/mol. The van der Waals surface area contributed by atoms with Crippen LogP contribution in [0, 0.1) is 11.3 Å². The third-order valence-corrected chi connectivity index (χ3v) is 1.82. The number of rotatable bonds is 5. The topological polar surface area (TPSA) is 76.2 Å². The molecule has 1 fully saturated rings. The summed E-state index contributed by atoms with van der Waals surface area (Å²) < 4.78 is 4.84. The van der Waals surface area contributed by atoms with Gasteiger partial charge in [0.15, 0.2) is 0 Å². The maximum absolute atomic E-state index is 10.8. The summed E-state index contributed by atoms with van der Waals surface area (Å²) in [4.78, 5) is 10.8. The van der Waals surface area contributed by atoms with Gasteiger partial charge in [0.2, 0.25) is 0 Å². The number of nitrogens with one attached hydrogen (secondary N) is 1. The van der Waals surface area contributed by atoms with Crippen molar-refractivity contribution in [2.24, 2.45) is 11.7 Å². The van der Waals surface area contributed by atoms with E-state index in [1.54, 1.807) is 0 Å². The fourth-order valence-corrected chi connectivity index (χ4v) is 0.952. The van der Waals surface area contributed by atoms with Crippen molar-refractivity contribution in [1.82, 2.24) is 0 Å². The predicted octanol–water partition coefficient (Wildman–Crippen LogP) is 1.08. The molecular formula is C8H15ClN2O2. The molecule has 5 heteroatoms. The van der Waals surface area contributed by atoms with E-state index in [0.29, 0.717) is 6.61 Å². The molecule has 0 aromatic carbocycles. The third kappa shape index (κ3) is 6.40. The maximum atomic E-state index is 10.8. The van der Waals surface area contributed by atoms with E-state index in [4.69, 9.17) is 15.9 Å². The molecule has 1 rings (SSSR count). The monoisotopic (exact) mass is 206 g/mol. The molecule has 76 valence electrons. The summed E-state index contributed by atoms with van der Waals surface area (Å²) >= 11 is 0. The van der Waals surface area contributed by atoms with E-state index < -0.39 is 0 Å². The number of esters is 1. The molecule has 0 spiro atoms. The van der Waals surface area contributed by atoms with E-state index in [0.717, 1.165) is 12.3 Å². The van der Waals surface area contributed by atoms with Gasteiger partial charge in [0.05, 0.1) is 6.61 Å². The Balaban J connectivity index is 0.00000144. The highest BCUT2D eigenvalue weighted by Gasteiger charge is 2.21. The van der Waals surface area contributed by atoms with E-state index in [1.807, 2.05) is 0 Å². The molecule has 0 aromatic rings. The van der Waals surface area contributed by atoms with Crippen LogP contribution < -0.4 is 5.73 Å². The first-order valence-electron chi connectivity index (χ1n) is 4.17. The van der Waals surface area contributed by atoms with Crippen LogP contribution in [-0.4, -0.2) is 18.4 Å². The molecule has 0 heterocycles. The molecule has 13 heavy (non-hydrogen) atoms. The number of carbonyl (C=O) groups is 1. The molecule has 1 saturated carbocycles. The third-order valence-electron chi connectivity index (χ3n) is 1.82. The van der Waals surface area contributed by atoms with Gasteiger partial charge in [0.1, 0.15) is 12.3 Å². The number of amidine groups is 1. The van der Waals surface area contributed by atoms with Crippen molar-refractivity contribution in [2.45, 2.75) is 25.7 Å². The average molecular weight is 207 g/mol. The SMILES string of the molecule is Cl.N=C(N)CC(=O)OCCC1CC1. The zero-order chi connectivity index (χ0) is 8.97. The fourth-order valence-electron chi connectivity index (χ4n) is 0.952. The molecule has 4 nitrogen and oxygen atoms in total. The van der Waals surface area contributed by atoms with Gasteiger partial charge in [-0.25, -0.2) is 0 Å². The standard InChI is InChI=1S/C8H14N2O2.ClH/c9-7(10)5-8(11)12-4-3-6-1-2-6;/h6H,1-5H2,(H3,9,10);1H. The summed E-state index contributed by atoms with van der Waals surface area (Å²) in [6, 6.07) is 0. The highest BCUT2D eigenvalue weighted by Crippen LogP contribution is 2.32. The summed E-state index contributed by atoms with van der Waals surface area (Å²) in [5, 5.41) is 6.83. The highest BCUT2D eigenvalue weighted by atomic mass is 35.5. The molecule has 0 radical (unpaired) electrons. The van der Waals surface area contributed by atoms with Crippen LogP contribution in [0.25, 0.3) is 0 Å². The fraction of sp³-hybridized carbons (Fsp3) is 0.750. The molecular weight excluding hydrogens is 192 g/mol. The second kappa shape index (κ2) is 5.80. The van der Waals surface area contributed by atoms with Gasteiger partial charge in [0, 0.05) is 0 Å². The molecule has 1 aliphatic rings. The van der Waals surface area contributed by atoms with Crippen LogP contribution in [0.2, 0.25) is 0 Å². The average Bonchev–Trinajstić information content (AvgIpc) is 2.69. The molecule has 0 unspecified atom stereocenters. The van der Waals surface area contributed by atoms with Crippen molar-refractivity contribution in [3.63, 3.8) is 0 Å². The first-order valence-corrected chi connectivity index (χ1v) is 4.17. The molecule has 0 bridgehead atoms. The number of carbonyl (C=O) groups excluding carboxylic acids is 1. The van der Waals surface area contributed by atoms with Gasteiger partial charge in [-0.05, 0) is 12.3 Å². The van der Waals surface area contributed by atoms with Gasteiger partial charge in [0.25, 0.3) is 0 Å². The molecule has 3 N–H and O–H groups in total. The van der Waals surface area contributed by atoms with Crippen molar-refractivity contribution in [2.75, 3.05) is 6.61 Å². The summed E-state index contributed by atoms with van der Waals surface area (Å²) in [7, 11) is 0. The van der Waals surface area contributed by atoms with Crippen LogP contribution in [0.15, 0.2) is 0 Å². The molecule has 1 aliphatic carbocycles. The zero-order valence-corrected chi connectivity index (χ0v) is 8.23. The van der Waals surface area contributed by atoms with Crippen molar-refractivity contribution in [3.05, 3.63) is 0 Å². The lowest BCUT2D eigenvalue weighted by molar-refractivity contribution is -0.142. The van der Waals surface area contributed by atoms with Gasteiger partial charge in [-0.1, -0.05) is 12.8 Å². The normalized spacial score (nSPS) is 14.5. The number of halogens is 1. The first-order chi connectivity index (χ1) is 5.68. The molecule has 0 aromatic heterocycles. The van der Waals surface area contributed by atoms with Gasteiger partial charge in [-0.15, -0.1) is 12.4 Å². The van der Waals surface area contributed by atoms with Crippen molar-refractivity contribution >= 4 is 24.2 Å². The van der Waals surface area contributed by atoms with E-state index in [1.165, 1.54) is 12.8 Å². The Morgan fingerprint density at radius 1 is 1.54 bits per heavy atom. The number of hydrogen-bond donors (Lipinski definition) is 2. The molecule has 0 atom stereocenters. The molecule has 0 aliphatic heterocycles. The Hall–Kier alpha value is -0.770. The minimum atomic E-state index is -0.386. The lowest BCUT2D eigenvalue weighted by Gasteiger charge is -2.02. The maximum Gasteiger partial charge on any atom is 0.313 e. The summed E-state index contributed by atoms with van der Waals surface area (Å²) in [5.41, 5.74) is 5.02. The second-order valence-corrected chi connectivity index (χ2v) is 3.15. The summed E-state index contributed by atoms with van der Waals surface area (Å²) in [5.74, 6) is 0.254. The van der Waals surface area contributed by atoms with Gasteiger partial charge in [-0.2, -0.15) is 0 Å². The Labute approximate surface area is 83.7 Å². The second-order valence-electron chi connectivity index (χ2n) is 3.15. The first kappa shape index (κ1) is 12.2. The zero-order valence-electron chi connectivity index (χ0n) is 7.41. The molecule has 0 amide bonds. The van der Waals surface area contributed by atoms with Crippen molar-refractivity contribution < 1.29 is 9.53 Å². The highest BCUT2D eigenvalue weighted by molar-refractivity contribution is 5.94. The van der Waals surface area contributed by atoms with Crippen LogP contribution in [0.5, 0.6) is 0 Å². The minimum absolute atomic E-state index is 0. The van der Waals surface area contributed by atoms with E-state index >= 15 is 0 Å². The Morgan fingerprint density at radius 3 is 2.62 bits per heavy atom. The van der Waals surface area contributed by atoms with Crippen LogP contribution >= 0.6 is 12.4 Å². The van der Waals surface area contributed by atoms with Gasteiger partial charge >= 0.3 is 5.97 Å². The van der Waals surface area contributed by atoms with Crippen LogP contribution in [0.3, 0.4) is 0 Å². The summed E-state index contributed by atoms with van der Waals surface area (Å²) in [6.07, 6.45) is 3.42. The van der Waals surface area contributed by atoms with E-state index in [2.05, 4.69) is 0 Å². The number of ether oxygens (including phenoxy) is 1. The smallest absolute Gasteiger partial charge is 0.313 e. The minimum Gasteiger partial charge on any atom is -0.465 e. The van der Waals surface area contributed by atoms with Gasteiger partial charge in [-0.3, -0.25) is 10.2 Å². The lowest BCUT2D eigenvalue weighted by Crippen LogP contribution is -2.17. The van der Waals surface area contributed by atoms with E-state index in [-0.39, 0.29) is 30.6 Å². The number of hydrogen-bond acceptors (Lipinski definition) is 3. The van der Waals surface area contributed by atoms with Crippen molar-refractivity contribution in [1.29, 1.82) is 5.41 Å². The Morgan fingerprint density at radius 2 is 2.15 bits per heavy atom. The largest absolute Gasteiger partial charge is 0.465 e. The Kier molecular flexibility index (Phi) is 5.46.